The Bertz CT molecular complexity index is 113. The first-order valence-electron chi connectivity index (χ1n) is 4.41. The van der Waals surface area contributed by atoms with Crippen molar-refractivity contribution in [2.45, 2.75) is 39.4 Å². The highest BCUT2D eigenvalue weighted by molar-refractivity contribution is 4.78. The van der Waals surface area contributed by atoms with Gasteiger partial charge in [-0.15, -0.1) is 0 Å². The molecule has 1 aliphatic rings. The highest BCUT2D eigenvalue weighted by Crippen LogP contribution is 2.29. The minimum atomic E-state index is 0.0798. The van der Waals surface area contributed by atoms with Gasteiger partial charge in [0.15, 0.2) is 0 Å². The van der Waals surface area contributed by atoms with Gasteiger partial charge in [0, 0.05) is 0 Å². The molecule has 1 N–H and O–H groups in total. The summed E-state index contributed by atoms with van der Waals surface area (Å²) in [5.41, 5.74) is 0. The summed E-state index contributed by atoms with van der Waals surface area (Å²) < 4.78 is 5.57. The van der Waals surface area contributed by atoms with E-state index in [1.165, 1.54) is 0 Å². The molecule has 0 aromatic carbocycles. The Morgan fingerprint density at radius 3 is 2.45 bits per heavy atom. The van der Waals surface area contributed by atoms with Crippen LogP contribution in [-0.2, 0) is 4.74 Å². The first kappa shape index (κ1) is 9.01. The largest absolute Gasteiger partial charge is 0.394 e. The Hall–Kier alpha value is -0.0800. The van der Waals surface area contributed by atoms with Crippen molar-refractivity contribution in [2.75, 3.05) is 6.61 Å². The van der Waals surface area contributed by atoms with E-state index in [1.54, 1.807) is 0 Å². The van der Waals surface area contributed by atoms with Crippen LogP contribution in [0, 0.1) is 11.8 Å². The molecule has 0 radical (unpaired) electrons. The van der Waals surface area contributed by atoms with Gasteiger partial charge in [-0.25, -0.2) is 0 Å². The van der Waals surface area contributed by atoms with Crippen molar-refractivity contribution in [1.82, 2.24) is 0 Å². The maximum Gasteiger partial charge on any atom is 0.0812 e. The fourth-order valence-corrected chi connectivity index (χ4v) is 1.69. The van der Waals surface area contributed by atoms with Crippen LogP contribution in [0.2, 0.25) is 0 Å². The zero-order valence-electron chi connectivity index (χ0n) is 7.58. The van der Waals surface area contributed by atoms with Crippen LogP contribution in [0.25, 0.3) is 0 Å². The van der Waals surface area contributed by atoms with Gasteiger partial charge in [0.05, 0.1) is 18.8 Å². The van der Waals surface area contributed by atoms with Crippen LogP contribution in [0.5, 0.6) is 0 Å². The normalized spacial score (nSPS) is 45.8. The lowest BCUT2D eigenvalue weighted by atomic mass is 9.84. The fourth-order valence-electron chi connectivity index (χ4n) is 1.69. The molecule has 1 saturated heterocycles. The second-order valence-electron chi connectivity index (χ2n) is 3.72. The van der Waals surface area contributed by atoms with Gasteiger partial charge in [0.2, 0.25) is 0 Å². The molecule has 1 heterocycles. The third-order valence-corrected chi connectivity index (χ3v) is 2.88. The third-order valence-electron chi connectivity index (χ3n) is 2.88. The molecule has 0 amide bonds. The molecule has 1 aliphatic heterocycles. The second kappa shape index (κ2) is 3.55. The highest BCUT2D eigenvalue weighted by atomic mass is 16.5. The van der Waals surface area contributed by atoms with E-state index in [9.17, 15) is 0 Å². The smallest absolute Gasteiger partial charge is 0.0812 e. The number of rotatable bonds is 1. The number of hydrogen-bond acceptors (Lipinski definition) is 2. The molecule has 1 fully saturated rings. The van der Waals surface area contributed by atoms with Crippen molar-refractivity contribution in [3.05, 3.63) is 0 Å². The summed E-state index contributed by atoms with van der Waals surface area (Å²) in [6.45, 7) is 6.69. The lowest BCUT2D eigenvalue weighted by molar-refractivity contribution is -0.108. The minimum absolute atomic E-state index is 0.0798. The lowest BCUT2D eigenvalue weighted by Gasteiger charge is -2.36. The van der Waals surface area contributed by atoms with E-state index in [0.29, 0.717) is 17.9 Å². The van der Waals surface area contributed by atoms with Crippen molar-refractivity contribution in [3.63, 3.8) is 0 Å². The molecule has 66 valence electrons. The molecule has 2 heteroatoms. The van der Waals surface area contributed by atoms with E-state index in [2.05, 4.69) is 20.8 Å². The Kier molecular flexibility index (Phi) is 2.90. The van der Waals surface area contributed by atoms with Crippen molar-refractivity contribution < 1.29 is 9.84 Å². The van der Waals surface area contributed by atoms with Crippen LogP contribution in [0.15, 0.2) is 0 Å². The average Bonchev–Trinajstić information content (AvgIpc) is 1.99. The number of hydrogen-bond donors (Lipinski definition) is 1. The zero-order chi connectivity index (χ0) is 8.43. The highest BCUT2D eigenvalue weighted by Gasteiger charge is 2.29. The molecule has 0 aromatic heterocycles. The summed E-state index contributed by atoms with van der Waals surface area (Å²) in [5.74, 6) is 1.30. The summed E-state index contributed by atoms with van der Waals surface area (Å²) in [6.07, 6.45) is 1.38. The fraction of sp³-hybridized carbons (Fsp3) is 1.00. The first-order chi connectivity index (χ1) is 5.15. The molecular weight excluding hydrogens is 140 g/mol. The SMILES string of the molecule is CC1CC(CO)O[C@H](C)C1C. The van der Waals surface area contributed by atoms with Crippen LogP contribution < -0.4 is 0 Å². The third kappa shape index (κ3) is 1.94. The minimum Gasteiger partial charge on any atom is -0.394 e. The van der Waals surface area contributed by atoms with Crippen LogP contribution in [0.4, 0.5) is 0 Å². The van der Waals surface area contributed by atoms with Crippen molar-refractivity contribution >= 4 is 0 Å². The number of aliphatic hydroxyl groups excluding tert-OH is 1. The Morgan fingerprint density at radius 1 is 1.36 bits per heavy atom. The summed E-state index contributed by atoms with van der Waals surface area (Å²) in [5, 5.41) is 8.89. The number of ether oxygens (including phenoxy) is 1. The van der Waals surface area contributed by atoms with Gasteiger partial charge in [-0.2, -0.15) is 0 Å². The zero-order valence-corrected chi connectivity index (χ0v) is 7.58. The summed E-state index contributed by atoms with van der Waals surface area (Å²) in [6, 6.07) is 0. The molecular formula is C9H18O2. The van der Waals surface area contributed by atoms with Crippen molar-refractivity contribution in [1.29, 1.82) is 0 Å². The van der Waals surface area contributed by atoms with Crippen LogP contribution in [-0.4, -0.2) is 23.9 Å². The van der Waals surface area contributed by atoms with E-state index < -0.39 is 0 Å². The predicted molar refractivity (Wildman–Crippen MR) is 44.4 cm³/mol. The van der Waals surface area contributed by atoms with E-state index in [1.807, 2.05) is 0 Å². The quantitative estimate of drug-likeness (QED) is 0.625. The molecule has 2 nitrogen and oxygen atoms in total. The standard InChI is InChI=1S/C9H18O2/c1-6-4-9(5-10)11-8(3)7(6)2/h6-10H,4-5H2,1-3H3/t6?,7?,8-,9?/m1/s1. The van der Waals surface area contributed by atoms with E-state index in [-0.39, 0.29) is 12.7 Å². The molecule has 0 aliphatic carbocycles. The van der Waals surface area contributed by atoms with Crippen LogP contribution in [0.1, 0.15) is 27.2 Å². The topological polar surface area (TPSA) is 29.5 Å². The maximum atomic E-state index is 8.89. The second-order valence-corrected chi connectivity index (χ2v) is 3.72. The van der Waals surface area contributed by atoms with Crippen LogP contribution >= 0.6 is 0 Å². The molecule has 0 aromatic rings. The molecule has 1 rings (SSSR count). The van der Waals surface area contributed by atoms with Crippen LogP contribution in [0.3, 0.4) is 0 Å². The summed E-state index contributed by atoms with van der Waals surface area (Å²) in [4.78, 5) is 0. The van der Waals surface area contributed by atoms with Gasteiger partial charge >= 0.3 is 0 Å². The Morgan fingerprint density at radius 2 is 2.00 bits per heavy atom. The Balaban J connectivity index is 2.47. The van der Waals surface area contributed by atoms with Gasteiger partial charge in [-0.1, -0.05) is 13.8 Å². The van der Waals surface area contributed by atoms with E-state index in [0.717, 1.165) is 6.42 Å². The summed E-state index contributed by atoms with van der Waals surface area (Å²) in [7, 11) is 0. The molecule has 4 atom stereocenters. The van der Waals surface area contributed by atoms with E-state index in [4.69, 9.17) is 9.84 Å². The van der Waals surface area contributed by atoms with Gasteiger partial charge in [-0.05, 0) is 25.2 Å². The predicted octanol–water partition coefficient (Wildman–Crippen LogP) is 1.43. The van der Waals surface area contributed by atoms with Crippen molar-refractivity contribution in [2.24, 2.45) is 11.8 Å². The monoisotopic (exact) mass is 158 g/mol. The first-order valence-corrected chi connectivity index (χ1v) is 4.41. The maximum absolute atomic E-state index is 8.89. The van der Waals surface area contributed by atoms with Gasteiger partial charge in [0.25, 0.3) is 0 Å². The van der Waals surface area contributed by atoms with E-state index >= 15 is 0 Å². The van der Waals surface area contributed by atoms with Crippen molar-refractivity contribution in [3.8, 4) is 0 Å². The lowest BCUT2D eigenvalue weighted by Crippen LogP contribution is -2.38. The average molecular weight is 158 g/mol. The molecule has 11 heavy (non-hydrogen) atoms. The molecule has 0 spiro atoms. The Labute approximate surface area is 68.6 Å². The molecule has 0 bridgehead atoms. The van der Waals surface area contributed by atoms with Gasteiger partial charge in [-0.3, -0.25) is 0 Å². The van der Waals surface area contributed by atoms with Gasteiger partial charge in [0.1, 0.15) is 0 Å². The van der Waals surface area contributed by atoms with Gasteiger partial charge < -0.3 is 9.84 Å². The molecule has 0 saturated carbocycles. The molecule has 3 unspecified atom stereocenters. The number of aliphatic hydroxyl groups is 1. The summed E-state index contributed by atoms with van der Waals surface area (Å²) >= 11 is 0.